The van der Waals surface area contributed by atoms with E-state index in [1.165, 1.54) is 11.3 Å². The molecule has 0 aliphatic carbocycles. The third-order valence-corrected chi connectivity index (χ3v) is 5.06. The van der Waals surface area contributed by atoms with Gasteiger partial charge < -0.3 is 10.1 Å². The van der Waals surface area contributed by atoms with Gasteiger partial charge in [0.05, 0.1) is 11.5 Å². The SMILES string of the molecule is CCOc1ccc(-c2ccc(C(=O)N[C@H](C)C(C)(C)C)s2)cc1. The Balaban J connectivity index is 2.09. The molecule has 0 unspecified atom stereocenters. The average molecular weight is 331 g/mol. The summed E-state index contributed by atoms with van der Waals surface area (Å²) in [4.78, 5) is 14.2. The average Bonchev–Trinajstić information content (AvgIpc) is 2.97. The molecular weight excluding hydrogens is 306 g/mol. The van der Waals surface area contributed by atoms with Gasteiger partial charge in [0.15, 0.2) is 0 Å². The van der Waals surface area contributed by atoms with Crippen LogP contribution in [0.5, 0.6) is 5.75 Å². The Morgan fingerprint density at radius 2 is 1.83 bits per heavy atom. The van der Waals surface area contributed by atoms with Gasteiger partial charge >= 0.3 is 0 Å². The molecule has 0 aliphatic heterocycles. The second kappa shape index (κ2) is 7.18. The fraction of sp³-hybridized carbons (Fsp3) is 0.421. The van der Waals surface area contributed by atoms with Crippen molar-refractivity contribution in [2.75, 3.05) is 6.61 Å². The third kappa shape index (κ3) is 4.58. The predicted octanol–water partition coefficient (Wildman–Crippen LogP) is 4.98. The lowest BCUT2D eigenvalue weighted by Crippen LogP contribution is -2.41. The van der Waals surface area contributed by atoms with E-state index < -0.39 is 0 Å². The molecule has 0 aliphatic rings. The van der Waals surface area contributed by atoms with Crippen LogP contribution in [0, 0.1) is 5.41 Å². The maximum Gasteiger partial charge on any atom is 0.261 e. The number of benzene rings is 1. The minimum atomic E-state index is -0.00499. The number of amides is 1. The topological polar surface area (TPSA) is 38.3 Å². The van der Waals surface area contributed by atoms with E-state index in [0.717, 1.165) is 21.1 Å². The van der Waals surface area contributed by atoms with Crippen LogP contribution in [-0.2, 0) is 0 Å². The Bertz CT molecular complexity index is 653. The Kier molecular flexibility index (Phi) is 5.47. The summed E-state index contributed by atoms with van der Waals surface area (Å²) in [7, 11) is 0. The van der Waals surface area contributed by atoms with Crippen LogP contribution in [0.3, 0.4) is 0 Å². The van der Waals surface area contributed by atoms with Gasteiger partial charge in [-0.05, 0) is 61.2 Å². The van der Waals surface area contributed by atoms with E-state index in [1.807, 2.05) is 50.2 Å². The Hall–Kier alpha value is -1.81. The van der Waals surface area contributed by atoms with E-state index >= 15 is 0 Å². The number of rotatable bonds is 5. The first-order chi connectivity index (χ1) is 10.8. The predicted molar refractivity (Wildman–Crippen MR) is 97.3 cm³/mol. The summed E-state index contributed by atoms with van der Waals surface area (Å²) in [5.41, 5.74) is 1.14. The van der Waals surface area contributed by atoms with Gasteiger partial charge in [-0.1, -0.05) is 20.8 Å². The molecular formula is C19H25NO2S. The van der Waals surface area contributed by atoms with E-state index in [1.54, 1.807) is 0 Å². The Morgan fingerprint density at radius 1 is 1.17 bits per heavy atom. The highest BCUT2D eigenvalue weighted by Gasteiger charge is 2.22. The van der Waals surface area contributed by atoms with Crippen LogP contribution in [0.25, 0.3) is 10.4 Å². The molecule has 1 atom stereocenters. The first-order valence-corrected chi connectivity index (χ1v) is 8.77. The smallest absolute Gasteiger partial charge is 0.261 e. The molecule has 1 heterocycles. The summed E-state index contributed by atoms with van der Waals surface area (Å²) in [6.45, 7) is 11.0. The second-order valence-electron chi connectivity index (χ2n) is 6.68. The molecule has 23 heavy (non-hydrogen) atoms. The minimum Gasteiger partial charge on any atom is -0.494 e. The van der Waals surface area contributed by atoms with Gasteiger partial charge in [-0.2, -0.15) is 0 Å². The Morgan fingerprint density at radius 3 is 2.39 bits per heavy atom. The zero-order chi connectivity index (χ0) is 17.0. The number of hydrogen-bond donors (Lipinski definition) is 1. The highest BCUT2D eigenvalue weighted by Crippen LogP contribution is 2.30. The number of hydrogen-bond acceptors (Lipinski definition) is 3. The lowest BCUT2D eigenvalue weighted by atomic mass is 9.88. The highest BCUT2D eigenvalue weighted by molar-refractivity contribution is 7.17. The normalized spacial score (nSPS) is 12.7. The van der Waals surface area contributed by atoms with Gasteiger partial charge in [-0.15, -0.1) is 11.3 Å². The molecule has 0 fully saturated rings. The summed E-state index contributed by atoms with van der Waals surface area (Å²) in [5.74, 6) is 0.861. The van der Waals surface area contributed by atoms with Crippen LogP contribution in [0.4, 0.5) is 0 Å². The molecule has 3 nitrogen and oxygen atoms in total. The van der Waals surface area contributed by atoms with Gasteiger partial charge in [0.2, 0.25) is 0 Å². The zero-order valence-corrected chi connectivity index (χ0v) is 15.3. The van der Waals surface area contributed by atoms with E-state index in [-0.39, 0.29) is 17.4 Å². The summed E-state index contributed by atoms with van der Waals surface area (Å²) in [5, 5.41) is 3.08. The van der Waals surface area contributed by atoms with Gasteiger partial charge in [-0.25, -0.2) is 0 Å². The van der Waals surface area contributed by atoms with Gasteiger partial charge in [0.1, 0.15) is 5.75 Å². The van der Waals surface area contributed by atoms with Crippen molar-refractivity contribution in [3.05, 3.63) is 41.3 Å². The van der Waals surface area contributed by atoms with E-state index in [0.29, 0.717) is 6.61 Å². The monoisotopic (exact) mass is 331 g/mol. The molecule has 0 saturated heterocycles. The molecule has 0 radical (unpaired) electrons. The summed E-state index contributed by atoms with van der Waals surface area (Å²) < 4.78 is 5.46. The lowest BCUT2D eigenvalue weighted by Gasteiger charge is -2.27. The molecule has 0 spiro atoms. The third-order valence-electron chi connectivity index (χ3n) is 3.93. The molecule has 2 aromatic rings. The maximum absolute atomic E-state index is 12.4. The standard InChI is InChI=1S/C19H25NO2S/c1-6-22-15-9-7-14(8-10-15)16-11-12-17(23-16)18(21)20-13(2)19(3,4)5/h7-13H,6H2,1-5H3,(H,20,21)/t13-/m1/s1. The van der Waals surface area contributed by atoms with Crippen LogP contribution >= 0.6 is 11.3 Å². The van der Waals surface area contributed by atoms with Crippen molar-refractivity contribution >= 4 is 17.2 Å². The highest BCUT2D eigenvalue weighted by atomic mass is 32.1. The number of nitrogens with one attached hydrogen (secondary N) is 1. The molecule has 1 aromatic heterocycles. The van der Waals surface area contributed by atoms with Gasteiger partial charge in [0.25, 0.3) is 5.91 Å². The maximum atomic E-state index is 12.4. The molecule has 124 valence electrons. The molecule has 1 aromatic carbocycles. The summed E-state index contributed by atoms with van der Waals surface area (Å²) in [6.07, 6.45) is 0. The summed E-state index contributed by atoms with van der Waals surface area (Å²) in [6, 6.07) is 12.0. The van der Waals surface area contributed by atoms with E-state index in [9.17, 15) is 4.79 Å². The largest absolute Gasteiger partial charge is 0.494 e. The second-order valence-corrected chi connectivity index (χ2v) is 7.77. The van der Waals surface area contributed by atoms with Crippen molar-refractivity contribution in [3.63, 3.8) is 0 Å². The summed E-state index contributed by atoms with van der Waals surface area (Å²) >= 11 is 1.51. The quantitative estimate of drug-likeness (QED) is 0.839. The molecule has 1 N–H and O–H groups in total. The number of ether oxygens (including phenoxy) is 1. The molecule has 4 heteroatoms. The molecule has 2 rings (SSSR count). The van der Waals surface area contributed by atoms with Crippen LogP contribution < -0.4 is 10.1 Å². The lowest BCUT2D eigenvalue weighted by molar-refractivity contribution is 0.0914. The van der Waals surface area contributed by atoms with E-state index in [4.69, 9.17) is 4.74 Å². The van der Waals surface area contributed by atoms with Gasteiger partial charge in [0, 0.05) is 10.9 Å². The molecule has 0 saturated carbocycles. The van der Waals surface area contributed by atoms with Crippen molar-refractivity contribution in [1.29, 1.82) is 0 Å². The fourth-order valence-electron chi connectivity index (χ4n) is 1.98. The van der Waals surface area contributed by atoms with Crippen molar-refractivity contribution < 1.29 is 9.53 Å². The zero-order valence-electron chi connectivity index (χ0n) is 14.5. The number of carbonyl (C=O) groups is 1. The van der Waals surface area contributed by atoms with Crippen LogP contribution in [0.15, 0.2) is 36.4 Å². The van der Waals surface area contributed by atoms with Crippen LogP contribution in [-0.4, -0.2) is 18.6 Å². The first kappa shape index (κ1) is 17.5. The van der Waals surface area contributed by atoms with Crippen molar-refractivity contribution in [2.24, 2.45) is 5.41 Å². The van der Waals surface area contributed by atoms with Crippen molar-refractivity contribution in [1.82, 2.24) is 5.32 Å². The van der Waals surface area contributed by atoms with Crippen molar-refractivity contribution in [2.45, 2.75) is 40.7 Å². The fourth-order valence-corrected chi connectivity index (χ4v) is 2.90. The number of carbonyl (C=O) groups excluding carboxylic acids is 1. The van der Waals surface area contributed by atoms with Crippen LogP contribution in [0.2, 0.25) is 0 Å². The van der Waals surface area contributed by atoms with Gasteiger partial charge in [-0.3, -0.25) is 4.79 Å². The Labute approximate surface area is 142 Å². The molecule has 1 amide bonds. The minimum absolute atomic E-state index is 0.00499. The van der Waals surface area contributed by atoms with Crippen molar-refractivity contribution in [3.8, 4) is 16.2 Å². The number of thiophene rings is 1. The first-order valence-electron chi connectivity index (χ1n) is 7.95. The van der Waals surface area contributed by atoms with E-state index in [2.05, 4.69) is 26.1 Å². The molecule has 0 bridgehead atoms. The van der Waals surface area contributed by atoms with Crippen LogP contribution in [0.1, 0.15) is 44.3 Å².